The number of aliphatic carboxylic acids is 1. The minimum atomic E-state index is -1.13. The van der Waals surface area contributed by atoms with Crippen molar-refractivity contribution in [2.45, 2.75) is 52.2 Å². The Balaban J connectivity index is 2.41. The van der Waals surface area contributed by atoms with Gasteiger partial charge >= 0.3 is 17.9 Å². The number of carbonyl (C=O) groups is 3. The van der Waals surface area contributed by atoms with Gasteiger partial charge in [-0.2, -0.15) is 0 Å². The molecule has 0 saturated heterocycles. The third-order valence-electron chi connectivity index (χ3n) is 3.12. The third kappa shape index (κ3) is 8.31. The molecule has 0 aliphatic heterocycles. The van der Waals surface area contributed by atoms with Crippen molar-refractivity contribution >= 4 is 17.9 Å². The topological polar surface area (TPSA) is 89.9 Å². The van der Waals surface area contributed by atoms with Crippen molar-refractivity contribution in [2.75, 3.05) is 0 Å². The average Bonchev–Trinajstić information content (AvgIpc) is 2.48. The van der Waals surface area contributed by atoms with Crippen molar-refractivity contribution in [1.82, 2.24) is 0 Å². The molecule has 0 radical (unpaired) electrons. The summed E-state index contributed by atoms with van der Waals surface area (Å²) >= 11 is 0. The van der Waals surface area contributed by atoms with Crippen LogP contribution < -0.4 is 0 Å². The minimum absolute atomic E-state index is 0.0300. The quantitative estimate of drug-likeness (QED) is 0.734. The van der Waals surface area contributed by atoms with E-state index in [1.54, 1.807) is 20.8 Å². The summed E-state index contributed by atoms with van der Waals surface area (Å²) in [5.74, 6) is -3.18. The first kappa shape index (κ1) is 19.7. The van der Waals surface area contributed by atoms with E-state index < -0.39 is 29.4 Å². The molecule has 0 aliphatic rings. The Morgan fingerprint density at radius 2 is 1.71 bits per heavy atom. The van der Waals surface area contributed by atoms with Gasteiger partial charge in [0.05, 0.1) is 12.3 Å². The molecule has 0 saturated carbocycles. The molecule has 24 heavy (non-hydrogen) atoms. The Labute approximate surface area is 141 Å². The van der Waals surface area contributed by atoms with Crippen LogP contribution >= 0.6 is 0 Å². The van der Waals surface area contributed by atoms with Crippen molar-refractivity contribution in [1.29, 1.82) is 0 Å². The molecular formula is C18H24O6. The fourth-order valence-corrected chi connectivity index (χ4v) is 2.00. The van der Waals surface area contributed by atoms with Gasteiger partial charge in [0.15, 0.2) is 0 Å². The number of carboxylic acid groups (broad SMARTS) is 1. The van der Waals surface area contributed by atoms with E-state index in [1.807, 2.05) is 30.3 Å². The highest BCUT2D eigenvalue weighted by molar-refractivity contribution is 5.79. The zero-order valence-electron chi connectivity index (χ0n) is 14.3. The van der Waals surface area contributed by atoms with Crippen LogP contribution in [0.4, 0.5) is 0 Å². The maximum Gasteiger partial charge on any atom is 0.307 e. The zero-order valence-corrected chi connectivity index (χ0v) is 14.3. The smallest absolute Gasteiger partial charge is 0.307 e. The first-order chi connectivity index (χ1) is 11.2. The molecule has 0 amide bonds. The summed E-state index contributed by atoms with van der Waals surface area (Å²) in [6, 6.07) is 9.19. The lowest BCUT2D eigenvalue weighted by molar-refractivity contribution is -0.160. The predicted molar refractivity (Wildman–Crippen MR) is 87.1 cm³/mol. The lowest BCUT2D eigenvalue weighted by Crippen LogP contribution is -2.27. The molecule has 1 atom stereocenters. The van der Waals surface area contributed by atoms with Crippen LogP contribution in [0.25, 0.3) is 0 Å². The summed E-state index contributed by atoms with van der Waals surface area (Å²) in [5.41, 5.74) is 0.184. The number of hydrogen-bond acceptors (Lipinski definition) is 5. The summed E-state index contributed by atoms with van der Waals surface area (Å²) in [7, 11) is 0. The second-order valence-electron chi connectivity index (χ2n) is 6.51. The highest BCUT2D eigenvalue weighted by atomic mass is 16.6. The first-order valence-electron chi connectivity index (χ1n) is 7.81. The Kier molecular flexibility index (Phi) is 7.42. The van der Waals surface area contributed by atoms with E-state index in [4.69, 9.17) is 9.47 Å². The van der Waals surface area contributed by atoms with Crippen molar-refractivity contribution in [3.05, 3.63) is 35.9 Å². The number of carboxylic acids is 1. The molecule has 0 aromatic heterocycles. The number of esters is 2. The summed E-state index contributed by atoms with van der Waals surface area (Å²) in [4.78, 5) is 34.7. The Bertz CT molecular complexity index is 559. The van der Waals surface area contributed by atoms with Gasteiger partial charge in [-0.25, -0.2) is 0 Å². The largest absolute Gasteiger partial charge is 0.481 e. The Morgan fingerprint density at radius 1 is 1.08 bits per heavy atom. The molecule has 6 nitrogen and oxygen atoms in total. The van der Waals surface area contributed by atoms with Crippen LogP contribution in [0.3, 0.4) is 0 Å². The summed E-state index contributed by atoms with van der Waals surface area (Å²) in [6.07, 6.45) is -0.298. The summed E-state index contributed by atoms with van der Waals surface area (Å²) in [5, 5.41) is 9.18. The number of benzene rings is 1. The van der Waals surface area contributed by atoms with E-state index in [9.17, 15) is 19.5 Å². The highest BCUT2D eigenvalue weighted by Crippen LogP contribution is 2.17. The van der Waals surface area contributed by atoms with Gasteiger partial charge in [0.1, 0.15) is 12.2 Å². The third-order valence-corrected chi connectivity index (χ3v) is 3.12. The van der Waals surface area contributed by atoms with Crippen LogP contribution in [0.15, 0.2) is 30.3 Å². The molecular weight excluding hydrogens is 312 g/mol. The van der Waals surface area contributed by atoms with Crippen LogP contribution in [-0.4, -0.2) is 28.6 Å². The average molecular weight is 336 g/mol. The van der Waals surface area contributed by atoms with Crippen LogP contribution in [0.1, 0.15) is 45.6 Å². The second kappa shape index (κ2) is 9.05. The molecule has 1 aromatic rings. The molecule has 132 valence electrons. The zero-order chi connectivity index (χ0) is 18.2. The van der Waals surface area contributed by atoms with Gasteiger partial charge in [0.25, 0.3) is 0 Å². The molecule has 0 spiro atoms. The van der Waals surface area contributed by atoms with E-state index >= 15 is 0 Å². The molecule has 0 bridgehead atoms. The number of carbonyl (C=O) groups excluding carboxylic acids is 2. The Hall–Kier alpha value is -2.37. The maximum absolute atomic E-state index is 11.7. The van der Waals surface area contributed by atoms with E-state index in [-0.39, 0.29) is 25.9 Å². The van der Waals surface area contributed by atoms with E-state index in [1.165, 1.54) is 0 Å². The number of rotatable bonds is 8. The van der Waals surface area contributed by atoms with E-state index in [0.29, 0.717) is 0 Å². The molecule has 0 heterocycles. The van der Waals surface area contributed by atoms with E-state index in [0.717, 1.165) is 5.56 Å². The van der Waals surface area contributed by atoms with Crippen molar-refractivity contribution in [3.63, 3.8) is 0 Å². The predicted octanol–water partition coefficient (Wildman–Crippen LogP) is 2.94. The SMILES string of the molecule is CC(C)(C)OC(=O)C[C@@H](CCC(=O)OCc1ccccc1)C(=O)O. The van der Waals surface area contributed by atoms with Gasteiger partial charge in [-0.15, -0.1) is 0 Å². The van der Waals surface area contributed by atoms with Crippen LogP contribution in [-0.2, 0) is 30.5 Å². The lowest BCUT2D eigenvalue weighted by atomic mass is 9.99. The normalized spacial score (nSPS) is 12.3. The van der Waals surface area contributed by atoms with Gasteiger partial charge in [0, 0.05) is 6.42 Å². The van der Waals surface area contributed by atoms with Crippen LogP contribution in [0, 0.1) is 5.92 Å². The molecule has 1 N–H and O–H groups in total. The number of hydrogen-bond donors (Lipinski definition) is 1. The van der Waals surface area contributed by atoms with Crippen LogP contribution in [0.5, 0.6) is 0 Å². The maximum atomic E-state index is 11.7. The number of ether oxygens (including phenoxy) is 2. The van der Waals surface area contributed by atoms with Gasteiger partial charge in [-0.05, 0) is 32.8 Å². The summed E-state index contributed by atoms with van der Waals surface area (Å²) < 4.78 is 10.2. The Morgan fingerprint density at radius 3 is 2.25 bits per heavy atom. The summed E-state index contributed by atoms with van der Waals surface area (Å²) in [6.45, 7) is 5.27. The fourth-order valence-electron chi connectivity index (χ4n) is 2.00. The van der Waals surface area contributed by atoms with E-state index in [2.05, 4.69) is 0 Å². The highest BCUT2D eigenvalue weighted by Gasteiger charge is 2.26. The molecule has 1 rings (SSSR count). The van der Waals surface area contributed by atoms with Crippen LogP contribution in [0.2, 0.25) is 0 Å². The molecule has 0 unspecified atom stereocenters. The van der Waals surface area contributed by atoms with Crippen molar-refractivity contribution < 1.29 is 29.0 Å². The van der Waals surface area contributed by atoms with Crippen molar-refractivity contribution in [2.24, 2.45) is 5.92 Å². The second-order valence-corrected chi connectivity index (χ2v) is 6.51. The van der Waals surface area contributed by atoms with Gasteiger partial charge in [-0.3, -0.25) is 14.4 Å². The standard InChI is InChI=1S/C18H24O6/c1-18(2,3)24-16(20)11-14(17(21)22)9-10-15(19)23-12-13-7-5-4-6-8-13/h4-8,14H,9-12H2,1-3H3,(H,21,22)/t14-/m1/s1. The van der Waals surface area contributed by atoms with Gasteiger partial charge in [-0.1, -0.05) is 30.3 Å². The minimum Gasteiger partial charge on any atom is -0.481 e. The molecule has 0 fully saturated rings. The van der Waals surface area contributed by atoms with Gasteiger partial charge in [0.2, 0.25) is 0 Å². The fraction of sp³-hybridized carbons (Fsp3) is 0.500. The molecule has 6 heteroatoms. The molecule has 1 aromatic carbocycles. The van der Waals surface area contributed by atoms with Gasteiger partial charge < -0.3 is 14.6 Å². The monoisotopic (exact) mass is 336 g/mol. The first-order valence-corrected chi connectivity index (χ1v) is 7.81. The van der Waals surface area contributed by atoms with Crippen molar-refractivity contribution in [3.8, 4) is 0 Å². The lowest BCUT2D eigenvalue weighted by Gasteiger charge is -2.20. The molecule has 0 aliphatic carbocycles.